The number of rotatable bonds is 3. The molecular formula is C16H24N2O. The van der Waals surface area contributed by atoms with E-state index in [0.29, 0.717) is 18.4 Å². The van der Waals surface area contributed by atoms with Gasteiger partial charge in [0.05, 0.1) is 6.42 Å². The fourth-order valence-electron chi connectivity index (χ4n) is 2.91. The van der Waals surface area contributed by atoms with Crippen LogP contribution in [0.5, 0.6) is 0 Å². The third-order valence-corrected chi connectivity index (χ3v) is 4.07. The van der Waals surface area contributed by atoms with Gasteiger partial charge in [-0.05, 0) is 31.9 Å². The minimum absolute atomic E-state index is 0.256. The second kappa shape index (κ2) is 6.20. The number of hydrogen-bond donors (Lipinski definition) is 1. The minimum Gasteiger partial charge on any atom is -0.342 e. The quantitative estimate of drug-likeness (QED) is 0.901. The number of carbonyl (C=O) groups is 1. The molecule has 19 heavy (non-hydrogen) atoms. The van der Waals surface area contributed by atoms with E-state index in [0.717, 1.165) is 25.1 Å². The lowest BCUT2D eigenvalue weighted by molar-refractivity contribution is -0.132. The van der Waals surface area contributed by atoms with Gasteiger partial charge in [0.2, 0.25) is 5.91 Å². The Bertz CT molecular complexity index is 444. The second-order valence-electron chi connectivity index (χ2n) is 5.67. The van der Waals surface area contributed by atoms with Crippen LogP contribution in [-0.4, -0.2) is 37.0 Å². The Morgan fingerprint density at radius 3 is 2.89 bits per heavy atom. The molecule has 3 heteroatoms. The molecule has 1 amide bonds. The third kappa shape index (κ3) is 3.57. The van der Waals surface area contributed by atoms with E-state index in [1.54, 1.807) is 0 Å². The van der Waals surface area contributed by atoms with E-state index in [9.17, 15) is 4.79 Å². The molecule has 1 aliphatic rings. The number of aryl methyl sites for hydroxylation is 1. The lowest BCUT2D eigenvalue weighted by Crippen LogP contribution is -2.49. The number of nitrogens with zero attached hydrogens (tertiary/aromatic N) is 1. The highest BCUT2D eigenvalue weighted by molar-refractivity contribution is 5.79. The van der Waals surface area contributed by atoms with Crippen molar-refractivity contribution in [3.05, 3.63) is 35.4 Å². The zero-order valence-electron chi connectivity index (χ0n) is 12.1. The number of benzene rings is 1. The molecule has 3 nitrogen and oxygen atoms in total. The topological polar surface area (TPSA) is 32.3 Å². The molecule has 2 rings (SSSR count). The highest BCUT2D eigenvalue weighted by atomic mass is 16.2. The number of likely N-dealkylation sites (tertiary alicyclic amines) is 1. The fourth-order valence-corrected chi connectivity index (χ4v) is 2.91. The molecule has 1 aliphatic heterocycles. The average Bonchev–Trinajstić information content (AvgIpc) is 2.38. The molecule has 104 valence electrons. The molecule has 1 N–H and O–H groups in total. The van der Waals surface area contributed by atoms with Crippen molar-refractivity contribution in [2.45, 2.75) is 32.7 Å². The van der Waals surface area contributed by atoms with Crippen LogP contribution in [0.3, 0.4) is 0 Å². The standard InChI is InChI=1S/C16H24N2O/c1-12-5-4-6-14(9-12)10-16(19)18-8-7-15(17-3)13(2)11-18/h4-6,9,13,15,17H,7-8,10-11H2,1-3H3. The van der Waals surface area contributed by atoms with Crippen molar-refractivity contribution in [2.75, 3.05) is 20.1 Å². The van der Waals surface area contributed by atoms with Gasteiger partial charge in [0, 0.05) is 19.1 Å². The molecule has 0 aliphatic carbocycles. The van der Waals surface area contributed by atoms with Crippen LogP contribution < -0.4 is 5.32 Å². The van der Waals surface area contributed by atoms with Gasteiger partial charge in [-0.3, -0.25) is 4.79 Å². The van der Waals surface area contributed by atoms with Gasteiger partial charge in [-0.25, -0.2) is 0 Å². The smallest absolute Gasteiger partial charge is 0.227 e. The van der Waals surface area contributed by atoms with E-state index in [2.05, 4.69) is 31.3 Å². The Balaban J connectivity index is 1.94. The maximum Gasteiger partial charge on any atom is 0.227 e. The number of hydrogen-bond acceptors (Lipinski definition) is 2. The first-order chi connectivity index (χ1) is 9.10. The Morgan fingerprint density at radius 1 is 1.47 bits per heavy atom. The second-order valence-corrected chi connectivity index (χ2v) is 5.67. The number of amides is 1. The van der Waals surface area contributed by atoms with Crippen LogP contribution >= 0.6 is 0 Å². The van der Waals surface area contributed by atoms with Crippen LogP contribution in [-0.2, 0) is 11.2 Å². The van der Waals surface area contributed by atoms with Gasteiger partial charge in [0.25, 0.3) is 0 Å². The van der Waals surface area contributed by atoms with E-state index in [1.807, 2.05) is 24.1 Å². The van der Waals surface area contributed by atoms with Crippen molar-refractivity contribution < 1.29 is 4.79 Å². The molecule has 0 saturated carbocycles. The lowest BCUT2D eigenvalue weighted by atomic mass is 9.93. The zero-order chi connectivity index (χ0) is 13.8. The number of carbonyl (C=O) groups excluding carboxylic acids is 1. The van der Waals surface area contributed by atoms with Crippen LogP contribution in [0.25, 0.3) is 0 Å². The SMILES string of the molecule is CNC1CCN(C(=O)Cc2cccc(C)c2)CC1C. The summed E-state index contributed by atoms with van der Waals surface area (Å²) in [5.74, 6) is 0.784. The van der Waals surface area contributed by atoms with Crippen molar-refractivity contribution in [1.29, 1.82) is 0 Å². The number of piperidine rings is 1. The Kier molecular flexibility index (Phi) is 4.59. The van der Waals surface area contributed by atoms with Crippen LogP contribution in [0.4, 0.5) is 0 Å². The van der Waals surface area contributed by atoms with E-state index >= 15 is 0 Å². The fraction of sp³-hybridized carbons (Fsp3) is 0.562. The molecule has 2 unspecified atom stereocenters. The normalized spacial score (nSPS) is 23.4. The van der Waals surface area contributed by atoms with Crippen molar-refractivity contribution in [1.82, 2.24) is 10.2 Å². The summed E-state index contributed by atoms with van der Waals surface area (Å²) in [6.07, 6.45) is 1.58. The predicted molar refractivity (Wildman–Crippen MR) is 78.1 cm³/mol. The molecule has 2 atom stereocenters. The largest absolute Gasteiger partial charge is 0.342 e. The molecular weight excluding hydrogens is 236 g/mol. The van der Waals surface area contributed by atoms with E-state index in [4.69, 9.17) is 0 Å². The van der Waals surface area contributed by atoms with Crippen LogP contribution in [0.1, 0.15) is 24.5 Å². The number of nitrogens with one attached hydrogen (secondary N) is 1. The van der Waals surface area contributed by atoms with E-state index in [-0.39, 0.29) is 5.91 Å². The summed E-state index contributed by atoms with van der Waals surface area (Å²) in [7, 11) is 2.01. The summed E-state index contributed by atoms with van der Waals surface area (Å²) in [5, 5.41) is 3.33. The Morgan fingerprint density at radius 2 is 2.26 bits per heavy atom. The highest BCUT2D eigenvalue weighted by Gasteiger charge is 2.27. The van der Waals surface area contributed by atoms with E-state index in [1.165, 1.54) is 5.56 Å². The van der Waals surface area contributed by atoms with Crippen molar-refractivity contribution in [3.8, 4) is 0 Å². The van der Waals surface area contributed by atoms with Gasteiger partial charge in [-0.2, -0.15) is 0 Å². The first-order valence-corrected chi connectivity index (χ1v) is 7.10. The molecule has 1 saturated heterocycles. The van der Waals surface area contributed by atoms with Gasteiger partial charge in [-0.15, -0.1) is 0 Å². The molecule has 1 aromatic rings. The van der Waals surface area contributed by atoms with Gasteiger partial charge in [0.1, 0.15) is 0 Å². The molecule has 1 aromatic carbocycles. The average molecular weight is 260 g/mol. The summed E-state index contributed by atoms with van der Waals surface area (Å²) in [6, 6.07) is 8.77. The summed E-state index contributed by atoms with van der Waals surface area (Å²) < 4.78 is 0. The molecule has 1 heterocycles. The first kappa shape index (κ1) is 14.1. The zero-order valence-corrected chi connectivity index (χ0v) is 12.1. The third-order valence-electron chi connectivity index (χ3n) is 4.07. The first-order valence-electron chi connectivity index (χ1n) is 7.10. The highest BCUT2D eigenvalue weighted by Crippen LogP contribution is 2.17. The molecule has 0 radical (unpaired) electrons. The summed E-state index contributed by atoms with van der Waals surface area (Å²) in [6.45, 7) is 6.03. The van der Waals surface area contributed by atoms with Gasteiger partial charge in [0.15, 0.2) is 0 Å². The lowest BCUT2D eigenvalue weighted by Gasteiger charge is -2.36. The minimum atomic E-state index is 0.256. The van der Waals surface area contributed by atoms with Crippen molar-refractivity contribution in [3.63, 3.8) is 0 Å². The molecule has 0 spiro atoms. The Labute approximate surface area is 116 Å². The Hall–Kier alpha value is -1.35. The van der Waals surface area contributed by atoms with Crippen molar-refractivity contribution in [2.24, 2.45) is 5.92 Å². The van der Waals surface area contributed by atoms with E-state index < -0.39 is 0 Å². The van der Waals surface area contributed by atoms with Gasteiger partial charge in [-0.1, -0.05) is 36.8 Å². The monoisotopic (exact) mass is 260 g/mol. The molecule has 0 aromatic heterocycles. The summed E-state index contributed by atoms with van der Waals surface area (Å²) in [5.41, 5.74) is 2.33. The maximum atomic E-state index is 12.3. The predicted octanol–water partition coefficient (Wildman–Crippen LogP) is 1.99. The van der Waals surface area contributed by atoms with Crippen LogP contribution in [0, 0.1) is 12.8 Å². The van der Waals surface area contributed by atoms with Gasteiger partial charge >= 0.3 is 0 Å². The summed E-state index contributed by atoms with van der Waals surface area (Å²) in [4.78, 5) is 14.3. The van der Waals surface area contributed by atoms with Crippen molar-refractivity contribution >= 4 is 5.91 Å². The molecule has 1 fully saturated rings. The maximum absolute atomic E-state index is 12.3. The van der Waals surface area contributed by atoms with Crippen LogP contribution in [0.15, 0.2) is 24.3 Å². The summed E-state index contributed by atoms with van der Waals surface area (Å²) >= 11 is 0. The van der Waals surface area contributed by atoms with Crippen LogP contribution in [0.2, 0.25) is 0 Å². The van der Waals surface area contributed by atoms with Gasteiger partial charge < -0.3 is 10.2 Å². The molecule has 0 bridgehead atoms.